The molecule has 2 fully saturated rings. The number of piperidine rings is 1. The monoisotopic (exact) mass is 309 g/mol. The third-order valence-corrected chi connectivity index (χ3v) is 4.57. The molecule has 1 amide bonds. The van der Waals surface area contributed by atoms with Crippen molar-refractivity contribution >= 4 is 11.7 Å². The second kappa shape index (κ2) is 5.82. The summed E-state index contributed by atoms with van der Waals surface area (Å²) in [6, 6.07) is 3.95. The molecular formula is C16H21F2N3O. The van der Waals surface area contributed by atoms with Crippen molar-refractivity contribution in [1.82, 2.24) is 9.88 Å². The Bertz CT molecular complexity index is 554. The molecule has 6 heteroatoms. The van der Waals surface area contributed by atoms with Crippen LogP contribution in [0.25, 0.3) is 0 Å². The third-order valence-electron chi connectivity index (χ3n) is 4.57. The summed E-state index contributed by atoms with van der Waals surface area (Å²) in [5, 5.41) is 0. The average Bonchev–Trinajstić information content (AvgIpc) is 2.96. The van der Waals surface area contributed by atoms with E-state index in [2.05, 4.69) is 9.88 Å². The number of hydrogen-bond acceptors (Lipinski definition) is 3. The standard InChI is InChI=1S/C16H21F2N3O/c1-12-2-6-19-14(10-12)21-7-3-13(11-21)15(22)20-8-4-16(17,18)5-9-20/h2,6,10,13H,3-5,7-9,11H2,1H3. The summed E-state index contributed by atoms with van der Waals surface area (Å²) >= 11 is 0. The fourth-order valence-electron chi connectivity index (χ4n) is 3.18. The van der Waals surface area contributed by atoms with Crippen LogP contribution in [0.3, 0.4) is 0 Å². The second-order valence-electron chi connectivity index (χ2n) is 6.30. The maximum atomic E-state index is 13.2. The zero-order valence-electron chi connectivity index (χ0n) is 12.8. The van der Waals surface area contributed by atoms with Crippen molar-refractivity contribution in [1.29, 1.82) is 0 Å². The minimum Gasteiger partial charge on any atom is -0.356 e. The van der Waals surface area contributed by atoms with E-state index in [1.807, 2.05) is 19.1 Å². The van der Waals surface area contributed by atoms with E-state index >= 15 is 0 Å². The largest absolute Gasteiger partial charge is 0.356 e. The number of nitrogens with zero attached hydrogens (tertiary/aromatic N) is 3. The van der Waals surface area contributed by atoms with Crippen molar-refractivity contribution in [3.8, 4) is 0 Å². The van der Waals surface area contributed by atoms with Crippen LogP contribution in [-0.2, 0) is 4.79 Å². The van der Waals surface area contributed by atoms with Crippen molar-refractivity contribution in [2.45, 2.75) is 32.1 Å². The Morgan fingerprint density at radius 3 is 2.73 bits per heavy atom. The number of halogens is 2. The first-order valence-electron chi connectivity index (χ1n) is 7.79. The Hall–Kier alpha value is -1.72. The third kappa shape index (κ3) is 3.20. The molecule has 0 aromatic carbocycles. The number of aryl methyl sites for hydroxylation is 1. The van der Waals surface area contributed by atoms with Crippen molar-refractivity contribution < 1.29 is 13.6 Å². The Balaban J connectivity index is 1.59. The van der Waals surface area contributed by atoms with Crippen LogP contribution in [0, 0.1) is 12.8 Å². The molecule has 0 bridgehead atoms. The summed E-state index contributed by atoms with van der Waals surface area (Å²) < 4.78 is 26.4. The van der Waals surface area contributed by atoms with Crippen LogP contribution in [-0.4, -0.2) is 47.9 Å². The predicted octanol–water partition coefficient (Wildman–Crippen LogP) is 2.47. The number of anilines is 1. The molecule has 22 heavy (non-hydrogen) atoms. The number of amides is 1. The highest BCUT2D eigenvalue weighted by Gasteiger charge is 2.38. The van der Waals surface area contributed by atoms with Gasteiger partial charge in [-0.05, 0) is 31.0 Å². The van der Waals surface area contributed by atoms with E-state index in [1.165, 1.54) is 0 Å². The average molecular weight is 309 g/mol. The van der Waals surface area contributed by atoms with Crippen LogP contribution in [0.1, 0.15) is 24.8 Å². The van der Waals surface area contributed by atoms with Crippen molar-refractivity contribution in [2.75, 3.05) is 31.1 Å². The number of carbonyl (C=O) groups is 1. The van der Waals surface area contributed by atoms with E-state index in [9.17, 15) is 13.6 Å². The van der Waals surface area contributed by atoms with E-state index in [0.717, 1.165) is 24.3 Å². The molecule has 4 nitrogen and oxygen atoms in total. The van der Waals surface area contributed by atoms with Crippen molar-refractivity contribution in [2.24, 2.45) is 5.92 Å². The van der Waals surface area contributed by atoms with Crippen LogP contribution in [0.5, 0.6) is 0 Å². The molecule has 0 aliphatic carbocycles. The number of likely N-dealkylation sites (tertiary alicyclic amines) is 1. The Labute approximate surface area is 129 Å². The summed E-state index contributed by atoms with van der Waals surface area (Å²) in [4.78, 5) is 20.5. The van der Waals surface area contributed by atoms with Gasteiger partial charge in [-0.15, -0.1) is 0 Å². The molecule has 1 atom stereocenters. The molecule has 120 valence electrons. The molecule has 1 aromatic rings. The first-order chi connectivity index (χ1) is 10.4. The maximum Gasteiger partial charge on any atom is 0.251 e. The summed E-state index contributed by atoms with van der Waals surface area (Å²) in [6.45, 7) is 3.77. The lowest BCUT2D eigenvalue weighted by Gasteiger charge is -2.33. The topological polar surface area (TPSA) is 36.4 Å². The van der Waals surface area contributed by atoms with Crippen LogP contribution < -0.4 is 4.90 Å². The molecule has 2 aliphatic heterocycles. The van der Waals surface area contributed by atoms with Gasteiger partial charge in [0.05, 0.1) is 5.92 Å². The van der Waals surface area contributed by atoms with Gasteiger partial charge in [0.15, 0.2) is 0 Å². The minimum absolute atomic E-state index is 0.0191. The second-order valence-corrected chi connectivity index (χ2v) is 6.30. The molecule has 0 radical (unpaired) electrons. The van der Waals surface area contributed by atoms with E-state index in [4.69, 9.17) is 0 Å². The highest BCUT2D eigenvalue weighted by Crippen LogP contribution is 2.30. The summed E-state index contributed by atoms with van der Waals surface area (Å²) in [6.07, 6.45) is 2.11. The van der Waals surface area contributed by atoms with Gasteiger partial charge >= 0.3 is 0 Å². The Kier molecular flexibility index (Phi) is 4.02. The SMILES string of the molecule is Cc1ccnc(N2CCC(C(=O)N3CCC(F)(F)CC3)C2)c1. The van der Waals surface area contributed by atoms with E-state index in [-0.39, 0.29) is 37.8 Å². The van der Waals surface area contributed by atoms with E-state index in [1.54, 1.807) is 11.1 Å². The van der Waals surface area contributed by atoms with Gasteiger partial charge in [0, 0.05) is 45.2 Å². The Morgan fingerprint density at radius 1 is 1.32 bits per heavy atom. The fourth-order valence-corrected chi connectivity index (χ4v) is 3.18. The molecule has 1 unspecified atom stereocenters. The van der Waals surface area contributed by atoms with Crippen molar-refractivity contribution in [3.63, 3.8) is 0 Å². The molecular weight excluding hydrogens is 288 g/mol. The zero-order chi connectivity index (χ0) is 15.7. The normalized spacial score (nSPS) is 24.6. The number of hydrogen-bond donors (Lipinski definition) is 0. The smallest absolute Gasteiger partial charge is 0.251 e. The first-order valence-corrected chi connectivity index (χ1v) is 7.79. The van der Waals surface area contributed by atoms with Gasteiger partial charge in [0.25, 0.3) is 5.92 Å². The number of aromatic nitrogens is 1. The Morgan fingerprint density at radius 2 is 2.05 bits per heavy atom. The van der Waals surface area contributed by atoms with E-state index in [0.29, 0.717) is 6.54 Å². The first kappa shape index (κ1) is 15.2. The molecule has 0 saturated carbocycles. The number of pyridine rings is 1. The molecule has 2 saturated heterocycles. The van der Waals surface area contributed by atoms with Crippen LogP contribution in [0.2, 0.25) is 0 Å². The lowest BCUT2D eigenvalue weighted by atomic mass is 10.0. The van der Waals surface area contributed by atoms with Crippen LogP contribution >= 0.6 is 0 Å². The number of alkyl halides is 2. The zero-order valence-corrected chi connectivity index (χ0v) is 12.8. The summed E-state index contributed by atoms with van der Waals surface area (Å²) in [5.41, 5.74) is 1.14. The number of carbonyl (C=O) groups excluding carboxylic acids is 1. The quantitative estimate of drug-likeness (QED) is 0.842. The van der Waals surface area contributed by atoms with Gasteiger partial charge in [-0.1, -0.05) is 0 Å². The lowest BCUT2D eigenvalue weighted by Crippen LogP contribution is -2.45. The van der Waals surface area contributed by atoms with Crippen molar-refractivity contribution in [3.05, 3.63) is 23.9 Å². The van der Waals surface area contributed by atoms with Crippen LogP contribution in [0.15, 0.2) is 18.3 Å². The molecule has 1 aromatic heterocycles. The maximum absolute atomic E-state index is 13.2. The van der Waals surface area contributed by atoms with Gasteiger partial charge in [-0.25, -0.2) is 13.8 Å². The summed E-state index contributed by atoms with van der Waals surface area (Å²) in [5.74, 6) is -1.80. The van der Waals surface area contributed by atoms with E-state index < -0.39 is 5.92 Å². The lowest BCUT2D eigenvalue weighted by molar-refractivity contribution is -0.140. The molecule has 3 rings (SSSR count). The molecule has 0 N–H and O–H groups in total. The molecule has 0 spiro atoms. The highest BCUT2D eigenvalue weighted by atomic mass is 19.3. The minimum atomic E-state index is -2.61. The fraction of sp³-hybridized carbons (Fsp3) is 0.625. The highest BCUT2D eigenvalue weighted by molar-refractivity contribution is 5.80. The van der Waals surface area contributed by atoms with Gasteiger partial charge in [-0.2, -0.15) is 0 Å². The van der Waals surface area contributed by atoms with Gasteiger partial charge in [0.1, 0.15) is 5.82 Å². The molecule has 3 heterocycles. The number of rotatable bonds is 2. The summed E-state index contributed by atoms with van der Waals surface area (Å²) in [7, 11) is 0. The van der Waals surface area contributed by atoms with Crippen LogP contribution in [0.4, 0.5) is 14.6 Å². The molecule has 2 aliphatic rings. The predicted molar refractivity (Wildman–Crippen MR) is 80.1 cm³/mol. The van der Waals surface area contributed by atoms with Gasteiger partial charge in [-0.3, -0.25) is 4.79 Å². The van der Waals surface area contributed by atoms with Gasteiger partial charge < -0.3 is 9.80 Å². The van der Waals surface area contributed by atoms with Gasteiger partial charge in [0.2, 0.25) is 5.91 Å².